The Morgan fingerprint density at radius 1 is 1.42 bits per heavy atom. The van der Waals surface area contributed by atoms with E-state index in [1.807, 2.05) is 19.0 Å². The minimum Gasteiger partial charge on any atom is -0.480 e. The van der Waals surface area contributed by atoms with Crippen molar-refractivity contribution in [2.24, 2.45) is 0 Å². The van der Waals surface area contributed by atoms with Crippen molar-refractivity contribution < 1.29 is 9.90 Å². The van der Waals surface area contributed by atoms with Crippen LogP contribution in [0, 0.1) is 0 Å². The van der Waals surface area contributed by atoms with Crippen LogP contribution in [0.4, 0.5) is 0 Å². The molecule has 0 heterocycles. The monoisotopic (exact) mass is 304 g/mol. The summed E-state index contributed by atoms with van der Waals surface area (Å²) >= 11 is 11.9. The van der Waals surface area contributed by atoms with Crippen LogP contribution in [0.2, 0.25) is 10.0 Å². The third-order valence-electron chi connectivity index (χ3n) is 2.94. The molecule has 0 saturated carbocycles. The van der Waals surface area contributed by atoms with Crippen molar-refractivity contribution in [2.75, 3.05) is 27.2 Å². The Hall–Kier alpha value is -0.810. The number of benzene rings is 1. The molecule has 0 aliphatic carbocycles. The zero-order valence-corrected chi connectivity index (χ0v) is 12.7. The zero-order valence-electron chi connectivity index (χ0n) is 11.2. The summed E-state index contributed by atoms with van der Waals surface area (Å²) in [5.41, 5.74) is -0.734. The van der Waals surface area contributed by atoms with Crippen molar-refractivity contribution in [3.8, 4) is 0 Å². The number of hydrogen-bond acceptors (Lipinski definition) is 3. The number of rotatable bonds is 6. The number of carboxylic acids is 1. The van der Waals surface area contributed by atoms with Crippen LogP contribution in [-0.4, -0.2) is 43.2 Å². The summed E-state index contributed by atoms with van der Waals surface area (Å²) in [7, 11) is 3.85. The largest absolute Gasteiger partial charge is 0.480 e. The number of halogens is 2. The van der Waals surface area contributed by atoms with E-state index in [4.69, 9.17) is 23.2 Å². The molecule has 0 amide bonds. The highest BCUT2D eigenvalue weighted by Crippen LogP contribution is 2.30. The fraction of sp³-hybridized carbons (Fsp3) is 0.462. The highest BCUT2D eigenvalue weighted by Gasteiger charge is 2.36. The molecular formula is C13H18Cl2N2O2. The van der Waals surface area contributed by atoms with E-state index in [1.54, 1.807) is 25.1 Å². The van der Waals surface area contributed by atoms with Crippen molar-refractivity contribution in [2.45, 2.75) is 12.5 Å². The van der Waals surface area contributed by atoms with Crippen LogP contribution in [0.25, 0.3) is 0 Å². The highest BCUT2D eigenvalue weighted by atomic mass is 35.5. The van der Waals surface area contributed by atoms with Gasteiger partial charge in [0.05, 0.1) is 0 Å². The Bertz CT molecular complexity index is 466. The number of carbonyl (C=O) groups is 1. The Morgan fingerprint density at radius 3 is 2.53 bits per heavy atom. The quantitative estimate of drug-likeness (QED) is 0.847. The maximum atomic E-state index is 11.6. The van der Waals surface area contributed by atoms with Gasteiger partial charge < -0.3 is 10.0 Å². The number of hydrogen-bond donors (Lipinski definition) is 2. The molecule has 1 rings (SSSR count). The first-order valence-electron chi connectivity index (χ1n) is 5.86. The summed E-state index contributed by atoms with van der Waals surface area (Å²) in [5.74, 6) is -0.976. The summed E-state index contributed by atoms with van der Waals surface area (Å²) in [6, 6.07) is 4.83. The summed E-state index contributed by atoms with van der Waals surface area (Å²) in [6.07, 6.45) is 0. The minimum atomic E-state index is -1.24. The molecule has 0 radical (unpaired) electrons. The van der Waals surface area contributed by atoms with Crippen LogP contribution >= 0.6 is 23.2 Å². The maximum absolute atomic E-state index is 11.6. The fourth-order valence-electron chi connectivity index (χ4n) is 1.71. The SMILES string of the molecule is CN(C)CCNC(C)(C(=O)O)c1ccc(Cl)cc1Cl. The Balaban J connectivity index is 3.01. The third-order valence-corrected chi connectivity index (χ3v) is 3.48. The van der Waals surface area contributed by atoms with Crippen molar-refractivity contribution in [1.82, 2.24) is 10.2 Å². The van der Waals surface area contributed by atoms with Crippen molar-refractivity contribution >= 4 is 29.2 Å². The van der Waals surface area contributed by atoms with Gasteiger partial charge in [0.25, 0.3) is 0 Å². The lowest BCUT2D eigenvalue weighted by molar-refractivity contribution is -0.144. The topological polar surface area (TPSA) is 52.6 Å². The van der Waals surface area contributed by atoms with E-state index in [0.29, 0.717) is 22.2 Å². The van der Waals surface area contributed by atoms with E-state index in [9.17, 15) is 9.90 Å². The van der Waals surface area contributed by atoms with E-state index >= 15 is 0 Å². The molecule has 0 saturated heterocycles. The Morgan fingerprint density at radius 2 is 2.05 bits per heavy atom. The average Bonchev–Trinajstić information content (AvgIpc) is 2.27. The molecule has 0 fully saturated rings. The Kier molecular flexibility index (Phi) is 5.62. The van der Waals surface area contributed by atoms with Gasteiger partial charge >= 0.3 is 5.97 Å². The third kappa shape index (κ3) is 4.08. The summed E-state index contributed by atoms with van der Waals surface area (Å²) < 4.78 is 0. The molecule has 0 aromatic heterocycles. The molecule has 1 aromatic carbocycles. The van der Waals surface area contributed by atoms with E-state index in [0.717, 1.165) is 6.54 Å². The van der Waals surface area contributed by atoms with Crippen LogP contribution in [0.15, 0.2) is 18.2 Å². The normalized spacial score (nSPS) is 14.4. The van der Waals surface area contributed by atoms with E-state index in [-0.39, 0.29) is 0 Å². The fourth-order valence-corrected chi connectivity index (χ4v) is 2.31. The second-order valence-corrected chi connectivity index (χ2v) is 5.63. The van der Waals surface area contributed by atoms with Gasteiger partial charge in [0.2, 0.25) is 0 Å². The molecule has 0 aliphatic rings. The lowest BCUT2D eigenvalue weighted by Crippen LogP contribution is -2.48. The standard InChI is InChI=1S/C13H18Cl2N2O2/c1-13(12(18)19,16-6-7-17(2)3)10-5-4-9(14)8-11(10)15/h4-5,8,16H,6-7H2,1-3H3,(H,18,19). The van der Waals surface area contributed by atoms with Crippen LogP contribution in [0.3, 0.4) is 0 Å². The molecule has 2 N–H and O–H groups in total. The molecule has 106 valence electrons. The maximum Gasteiger partial charge on any atom is 0.328 e. The molecular weight excluding hydrogens is 287 g/mol. The van der Waals surface area contributed by atoms with Gasteiger partial charge in [-0.2, -0.15) is 0 Å². The second-order valence-electron chi connectivity index (χ2n) is 4.78. The molecule has 0 bridgehead atoms. The molecule has 1 atom stereocenters. The lowest BCUT2D eigenvalue weighted by Gasteiger charge is -2.28. The molecule has 0 aliphatic heterocycles. The van der Waals surface area contributed by atoms with Gasteiger partial charge in [-0.25, -0.2) is 4.79 Å². The van der Waals surface area contributed by atoms with Gasteiger partial charge in [0, 0.05) is 28.7 Å². The van der Waals surface area contributed by atoms with Crippen molar-refractivity contribution in [1.29, 1.82) is 0 Å². The highest BCUT2D eigenvalue weighted by molar-refractivity contribution is 6.35. The average molecular weight is 305 g/mol. The zero-order chi connectivity index (χ0) is 14.6. The van der Waals surface area contributed by atoms with Gasteiger partial charge in [0.15, 0.2) is 0 Å². The molecule has 4 nitrogen and oxygen atoms in total. The van der Waals surface area contributed by atoms with Gasteiger partial charge in [-0.15, -0.1) is 0 Å². The van der Waals surface area contributed by atoms with Crippen molar-refractivity contribution in [3.05, 3.63) is 33.8 Å². The first kappa shape index (κ1) is 16.2. The summed E-state index contributed by atoms with van der Waals surface area (Å²) in [4.78, 5) is 13.5. The molecule has 19 heavy (non-hydrogen) atoms. The van der Waals surface area contributed by atoms with Crippen LogP contribution in [0.1, 0.15) is 12.5 Å². The molecule has 6 heteroatoms. The van der Waals surface area contributed by atoms with Crippen LogP contribution in [0.5, 0.6) is 0 Å². The number of likely N-dealkylation sites (N-methyl/N-ethyl adjacent to an activating group) is 1. The predicted octanol–water partition coefficient (Wildman–Crippen LogP) is 2.44. The molecule has 0 spiro atoms. The first-order valence-corrected chi connectivity index (χ1v) is 6.61. The first-order chi connectivity index (χ1) is 8.77. The number of nitrogens with one attached hydrogen (secondary N) is 1. The second kappa shape index (κ2) is 6.57. The summed E-state index contributed by atoms with van der Waals surface area (Å²) in [6.45, 7) is 2.86. The smallest absolute Gasteiger partial charge is 0.328 e. The van der Waals surface area contributed by atoms with Gasteiger partial charge in [-0.1, -0.05) is 29.3 Å². The molecule has 1 unspecified atom stereocenters. The van der Waals surface area contributed by atoms with Gasteiger partial charge in [-0.05, 0) is 33.2 Å². The van der Waals surface area contributed by atoms with E-state index < -0.39 is 11.5 Å². The lowest BCUT2D eigenvalue weighted by atomic mass is 9.92. The van der Waals surface area contributed by atoms with Crippen molar-refractivity contribution in [3.63, 3.8) is 0 Å². The predicted molar refractivity (Wildman–Crippen MR) is 78.0 cm³/mol. The van der Waals surface area contributed by atoms with Gasteiger partial charge in [0.1, 0.15) is 5.54 Å². The van der Waals surface area contributed by atoms with Crippen LogP contribution in [-0.2, 0) is 10.3 Å². The minimum absolute atomic E-state index is 0.342. The summed E-state index contributed by atoms with van der Waals surface area (Å²) in [5, 5.41) is 13.3. The number of aliphatic carboxylic acids is 1. The van der Waals surface area contributed by atoms with Crippen LogP contribution < -0.4 is 5.32 Å². The van der Waals surface area contributed by atoms with Gasteiger partial charge in [-0.3, -0.25) is 5.32 Å². The number of carboxylic acid groups (broad SMARTS) is 1. The Labute approximate surface area is 123 Å². The number of nitrogens with zero attached hydrogens (tertiary/aromatic N) is 1. The molecule has 1 aromatic rings. The van der Waals surface area contributed by atoms with E-state index in [2.05, 4.69) is 5.32 Å². The van der Waals surface area contributed by atoms with E-state index in [1.165, 1.54) is 0 Å².